The first-order valence-electron chi connectivity index (χ1n) is 8.44. The highest BCUT2D eigenvalue weighted by atomic mass is 35.5. The first-order valence-corrected chi connectivity index (χ1v) is 8.82. The molecular weight excluding hydrogens is 320 g/mol. The third-order valence-electron chi connectivity index (χ3n) is 4.68. The molecule has 1 aliphatic rings. The molecule has 2 unspecified atom stereocenters. The number of anilines is 2. The fraction of sp³-hybridized carbons (Fsp3) is 0.350. The second-order valence-corrected chi connectivity index (χ2v) is 6.86. The van der Waals surface area contributed by atoms with E-state index in [2.05, 4.69) is 37.4 Å². The Morgan fingerprint density at radius 1 is 1.25 bits per heavy atom. The van der Waals surface area contributed by atoms with Crippen molar-refractivity contribution >= 4 is 28.9 Å². The molecule has 24 heavy (non-hydrogen) atoms. The molecule has 0 radical (unpaired) electrons. The van der Waals surface area contributed by atoms with Crippen molar-refractivity contribution in [2.24, 2.45) is 0 Å². The third-order valence-corrected chi connectivity index (χ3v) is 4.93. The number of hydrogen-bond donors (Lipinski definition) is 1. The lowest BCUT2D eigenvalue weighted by atomic mass is 9.89. The molecule has 0 fully saturated rings. The Balaban J connectivity index is 1.99. The van der Waals surface area contributed by atoms with E-state index in [1.807, 2.05) is 29.2 Å². The minimum atomic E-state index is 0.0953. The summed E-state index contributed by atoms with van der Waals surface area (Å²) in [6, 6.07) is 14.5. The molecule has 0 saturated heterocycles. The highest BCUT2D eigenvalue weighted by Gasteiger charge is 2.32. The molecule has 0 aromatic heterocycles. The number of aryl methyl sites for hydroxylation is 1. The fourth-order valence-electron chi connectivity index (χ4n) is 3.50. The van der Waals surface area contributed by atoms with Crippen LogP contribution in [-0.4, -0.2) is 11.9 Å². The van der Waals surface area contributed by atoms with Crippen LogP contribution in [-0.2, 0) is 11.2 Å². The smallest absolute Gasteiger partial charge is 0.224 e. The van der Waals surface area contributed by atoms with Gasteiger partial charge in [-0.3, -0.25) is 4.79 Å². The van der Waals surface area contributed by atoms with Crippen molar-refractivity contribution in [2.45, 2.75) is 45.7 Å². The standard InChI is InChI=1S/C20H23ClN2O/c1-4-15-5-10-20-18(12-15)19(11-13(2)23(20)14(3)24)22-17-8-6-16(21)7-9-17/h5-10,12-13,19,22H,4,11H2,1-3H3. The third kappa shape index (κ3) is 3.27. The summed E-state index contributed by atoms with van der Waals surface area (Å²) in [5.74, 6) is 0.0953. The Bertz CT molecular complexity index is 742. The van der Waals surface area contributed by atoms with E-state index in [-0.39, 0.29) is 18.0 Å². The van der Waals surface area contributed by atoms with Crippen LogP contribution in [0.5, 0.6) is 0 Å². The lowest BCUT2D eigenvalue weighted by Crippen LogP contribution is -2.43. The van der Waals surface area contributed by atoms with Gasteiger partial charge in [0.05, 0.1) is 6.04 Å². The number of carbonyl (C=O) groups is 1. The molecule has 3 rings (SSSR count). The van der Waals surface area contributed by atoms with E-state index in [1.54, 1.807) is 6.92 Å². The van der Waals surface area contributed by atoms with Crippen molar-refractivity contribution in [3.05, 3.63) is 58.6 Å². The van der Waals surface area contributed by atoms with Crippen LogP contribution in [0.25, 0.3) is 0 Å². The second kappa shape index (κ2) is 6.86. The number of nitrogens with one attached hydrogen (secondary N) is 1. The molecule has 2 aromatic rings. The molecule has 4 heteroatoms. The second-order valence-electron chi connectivity index (χ2n) is 6.42. The zero-order chi connectivity index (χ0) is 17.3. The van der Waals surface area contributed by atoms with Gasteiger partial charge in [-0.05, 0) is 61.2 Å². The number of halogens is 1. The highest BCUT2D eigenvalue weighted by molar-refractivity contribution is 6.30. The van der Waals surface area contributed by atoms with Gasteiger partial charge in [-0.2, -0.15) is 0 Å². The summed E-state index contributed by atoms with van der Waals surface area (Å²) in [7, 11) is 0. The lowest BCUT2D eigenvalue weighted by Gasteiger charge is -2.39. The van der Waals surface area contributed by atoms with Crippen molar-refractivity contribution < 1.29 is 4.79 Å². The van der Waals surface area contributed by atoms with Gasteiger partial charge in [-0.25, -0.2) is 0 Å². The van der Waals surface area contributed by atoms with E-state index < -0.39 is 0 Å². The quantitative estimate of drug-likeness (QED) is 0.831. The molecule has 2 atom stereocenters. The van der Waals surface area contributed by atoms with Gasteiger partial charge in [-0.15, -0.1) is 0 Å². The number of benzene rings is 2. The highest BCUT2D eigenvalue weighted by Crippen LogP contribution is 2.39. The summed E-state index contributed by atoms with van der Waals surface area (Å²) in [6.07, 6.45) is 1.86. The van der Waals surface area contributed by atoms with E-state index in [1.165, 1.54) is 11.1 Å². The van der Waals surface area contributed by atoms with Crippen LogP contribution >= 0.6 is 11.6 Å². The van der Waals surface area contributed by atoms with E-state index in [0.29, 0.717) is 0 Å². The summed E-state index contributed by atoms with van der Waals surface area (Å²) in [4.78, 5) is 14.0. The van der Waals surface area contributed by atoms with Crippen LogP contribution in [0, 0.1) is 0 Å². The molecule has 1 heterocycles. The maximum Gasteiger partial charge on any atom is 0.224 e. The molecular formula is C20H23ClN2O. The maximum absolute atomic E-state index is 12.1. The zero-order valence-corrected chi connectivity index (χ0v) is 15.1. The normalized spacial score (nSPS) is 19.8. The number of rotatable bonds is 3. The van der Waals surface area contributed by atoms with Gasteiger partial charge in [0.2, 0.25) is 5.91 Å². The van der Waals surface area contributed by atoms with Crippen molar-refractivity contribution in [1.29, 1.82) is 0 Å². The molecule has 3 nitrogen and oxygen atoms in total. The predicted octanol–water partition coefficient (Wildman–Crippen LogP) is 5.20. The van der Waals surface area contributed by atoms with Gasteiger partial charge in [0.25, 0.3) is 0 Å². The van der Waals surface area contributed by atoms with E-state index in [4.69, 9.17) is 11.6 Å². The van der Waals surface area contributed by atoms with Crippen LogP contribution < -0.4 is 10.2 Å². The summed E-state index contributed by atoms with van der Waals surface area (Å²) >= 11 is 5.98. The van der Waals surface area contributed by atoms with Gasteiger partial charge in [0, 0.05) is 29.4 Å². The van der Waals surface area contributed by atoms with Gasteiger partial charge in [0.15, 0.2) is 0 Å². The predicted molar refractivity (Wildman–Crippen MR) is 101 cm³/mol. The minimum absolute atomic E-state index is 0.0953. The topological polar surface area (TPSA) is 32.3 Å². The van der Waals surface area contributed by atoms with Crippen LogP contribution in [0.1, 0.15) is 44.4 Å². The molecule has 0 bridgehead atoms. The van der Waals surface area contributed by atoms with Crippen molar-refractivity contribution in [3.8, 4) is 0 Å². The first kappa shape index (κ1) is 16.8. The molecule has 0 spiro atoms. The van der Waals surface area contributed by atoms with Crippen molar-refractivity contribution in [1.82, 2.24) is 0 Å². The molecule has 1 aliphatic heterocycles. The molecule has 1 N–H and O–H groups in total. The monoisotopic (exact) mass is 342 g/mol. The van der Waals surface area contributed by atoms with Crippen LogP contribution in [0.2, 0.25) is 5.02 Å². The molecule has 0 aliphatic carbocycles. The average Bonchev–Trinajstić information content (AvgIpc) is 2.56. The number of fused-ring (bicyclic) bond motifs is 1. The van der Waals surface area contributed by atoms with E-state index in [0.717, 1.165) is 29.2 Å². The Hall–Kier alpha value is -2.00. The Morgan fingerprint density at radius 3 is 2.58 bits per heavy atom. The van der Waals surface area contributed by atoms with E-state index >= 15 is 0 Å². The molecule has 0 saturated carbocycles. The lowest BCUT2D eigenvalue weighted by molar-refractivity contribution is -0.117. The first-order chi connectivity index (χ1) is 11.5. The van der Waals surface area contributed by atoms with Crippen molar-refractivity contribution in [3.63, 3.8) is 0 Å². The fourth-order valence-corrected chi connectivity index (χ4v) is 3.62. The summed E-state index contributed by atoms with van der Waals surface area (Å²) in [5, 5.41) is 4.34. The molecule has 126 valence electrons. The minimum Gasteiger partial charge on any atom is -0.378 e. The van der Waals surface area contributed by atoms with Crippen LogP contribution in [0.3, 0.4) is 0 Å². The Morgan fingerprint density at radius 2 is 1.96 bits per heavy atom. The van der Waals surface area contributed by atoms with Crippen LogP contribution in [0.15, 0.2) is 42.5 Å². The summed E-state index contributed by atoms with van der Waals surface area (Å²) < 4.78 is 0. The molecule has 1 amide bonds. The number of hydrogen-bond acceptors (Lipinski definition) is 2. The average molecular weight is 343 g/mol. The van der Waals surface area contributed by atoms with Crippen LogP contribution in [0.4, 0.5) is 11.4 Å². The Labute approximate surface area is 148 Å². The Kier molecular flexibility index (Phi) is 4.81. The SMILES string of the molecule is CCc1ccc2c(c1)C(Nc1ccc(Cl)cc1)CC(C)N2C(C)=O. The maximum atomic E-state index is 12.1. The van der Waals surface area contributed by atoms with Gasteiger partial charge >= 0.3 is 0 Å². The summed E-state index contributed by atoms with van der Waals surface area (Å²) in [5.41, 5.74) is 4.54. The van der Waals surface area contributed by atoms with Gasteiger partial charge in [0.1, 0.15) is 0 Å². The number of carbonyl (C=O) groups excluding carboxylic acids is 1. The van der Waals surface area contributed by atoms with Gasteiger partial charge in [-0.1, -0.05) is 30.7 Å². The number of nitrogens with zero attached hydrogens (tertiary/aromatic N) is 1. The summed E-state index contributed by atoms with van der Waals surface area (Å²) in [6.45, 7) is 5.90. The van der Waals surface area contributed by atoms with E-state index in [9.17, 15) is 4.79 Å². The largest absolute Gasteiger partial charge is 0.378 e. The number of amides is 1. The zero-order valence-electron chi connectivity index (χ0n) is 14.3. The molecule has 2 aromatic carbocycles. The van der Waals surface area contributed by atoms with Gasteiger partial charge < -0.3 is 10.2 Å². The van der Waals surface area contributed by atoms with Crippen molar-refractivity contribution in [2.75, 3.05) is 10.2 Å².